The number of furan rings is 1. The number of carbonyl (C=O) groups is 3. The summed E-state index contributed by atoms with van der Waals surface area (Å²) in [6.07, 6.45) is 0.993. The van der Waals surface area contributed by atoms with Gasteiger partial charge in [-0.2, -0.15) is 0 Å². The average Bonchev–Trinajstić information content (AvgIpc) is 2.81. The molecule has 0 saturated carbocycles. The topological polar surface area (TPSA) is 121 Å². The molecule has 0 spiro atoms. The van der Waals surface area contributed by atoms with Crippen LogP contribution in [0.3, 0.4) is 0 Å². The maximum atomic E-state index is 11.7. The van der Waals surface area contributed by atoms with Crippen molar-refractivity contribution in [1.82, 2.24) is 16.0 Å². The Morgan fingerprint density at radius 2 is 2.29 bits per heavy atom. The second kappa shape index (κ2) is 6.29. The zero-order valence-corrected chi connectivity index (χ0v) is 11.6. The Bertz CT molecular complexity index is 556. The maximum Gasteiger partial charge on any atom is 0.339 e. The summed E-state index contributed by atoms with van der Waals surface area (Å²) in [4.78, 5) is 33.6. The highest BCUT2D eigenvalue weighted by molar-refractivity contribution is 5.88. The standard InChI is InChI=1S/C13H17N3O5/c1-7-10(12(18)19)4-9(21-7)6-15-13(20)16-8-2-3-11(17)14-5-8/h4,8H,2-3,5-6H2,1H3,(H,14,17)(H,18,19)(H2,15,16,20). The molecule has 0 aromatic carbocycles. The molecule has 0 aliphatic carbocycles. The van der Waals surface area contributed by atoms with Gasteiger partial charge >= 0.3 is 12.0 Å². The molecule has 2 rings (SSSR count). The van der Waals surface area contributed by atoms with E-state index < -0.39 is 5.97 Å². The fraction of sp³-hybridized carbons (Fsp3) is 0.462. The van der Waals surface area contributed by atoms with Crippen LogP contribution in [0.2, 0.25) is 0 Å². The molecule has 1 atom stereocenters. The highest BCUT2D eigenvalue weighted by Crippen LogP contribution is 2.14. The number of carboxylic acid groups (broad SMARTS) is 1. The number of nitrogens with one attached hydrogen (secondary N) is 3. The van der Waals surface area contributed by atoms with Crippen LogP contribution in [-0.2, 0) is 11.3 Å². The van der Waals surface area contributed by atoms with E-state index in [-0.39, 0.29) is 30.1 Å². The Balaban J connectivity index is 1.80. The van der Waals surface area contributed by atoms with E-state index in [4.69, 9.17) is 9.52 Å². The molecule has 1 aliphatic heterocycles. The Labute approximate surface area is 120 Å². The lowest BCUT2D eigenvalue weighted by molar-refractivity contribution is -0.122. The number of piperidine rings is 1. The zero-order chi connectivity index (χ0) is 15.4. The van der Waals surface area contributed by atoms with Crippen LogP contribution in [0.15, 0.2) is 10.5 Å². The van der Waals surface area contributed by atoms with Crippen LogP contribution in [0.1, 0.15) is 34.7 Å². The minimum atomic E-state index is -1.06. The van der Waals surface area contributed by atoms with Crippen molar-refractivity contribution in [1.29, 1.82) is 0 Å². The van der Waals surface area contributed by atoms with Gasteiger partial charge in [0.2, 0.25) is 5.91 Å². The largest absolute Gasteiger partial charge is 0.478 e. The first-order chi connectivity index (χ1) is 9.95. The lowest BCUT2D eigenvalue weighted by atomic mass is 10.1. The summed E-state index contributed by atoms with van der Waals surface area (Å²) < 4.78 is 5.25. The number of aryl methyl sites for hydroxylation is 1. The van der Waals surface area contributed by atoms with E-state index in [1.54, 1.807) is 6.92 Å². The summed E-state index contributed by atoms with van der Waals surface area (Å²) in [6, 6.07) is 0.899. The van der Waals surface area contributed by atoms with E-state index in [1.807, 2.05) is 0 Å². The number of aromatic carboxylic acids is 1. The summed E-state index contributed by atoms with van der Waals surface area (Å²) in [5.41, 5.74) is 0.0854. The van der Waals surface area contributed by atoms with Crippen LogP contribution in [-0.4, -0.2) is 35.6 Å². The highest BCUT2D eigenvalue weighted by Gasteiger charge is 2.20. The number of amides is 3. The number of carbonyl (C=O) groups excluding carboxylic acids is 2. The third-order valence-electron chi connectivity index (χ3n) is 3.22. The Morgan fingerprint density at radius 3 is 2.86 bits per heavy atom. The number of urea groups is 1. The molecule has 1 unspecified atom stereocenters. The van der Waals surface area contributed by atoms with E-state index in [2.05, 4.69) is 16.0 Å². The molecular weight excluding hydrogens is 278 g/mol. The second-order valence-electron chi connectivity index (χ2n) is 4.85. The number of hydrogen-bond acceptors (Lipinski definition) is 4. The monoisotopic (exact) mass is 295 g/mol. The van der Waals surface area contributed by atoms with Crippen LogP contribution in [0.25, 0.3) is 0 Å². The van der Waals surface area contributed by atoms with Crippen molar-refractivity contribution in [2.24, 2.45) is 0 Å². The smallest absolute Gasteiger partial charge is 0.339 e. The van der Waals surface area contributed by atoms with Crippen LogP contribution >= 0.6 is 0 Å². The third-order valence-corrected chi connectivity index (χ3v) is 3.22. The van der Waals surface area contributed by atoms with Gasteiger partial charge in [0, 0.05) is 19.0 Å². The molecule has 1 aliphatic rings. The first-order valence-electron chi connectivity index (χ1n) is 6.59. The minimum absolute atomic E-state index is 0.0132. The van der Waals surface area contributed by atoms with Gasteiger partial charge in [-0.25, -0.2) is 9.59 Å². The van der Waals surface area contributed by atoms with Crippen LogP contribution in [0.4, 0.5) is 4.79 Å². The molecule has 2 heterocycles. The third kappa shape index (κ3) is 3.98. The summed E-state index contributed by atoms with van der Waals surface area (Å²) >= 11 is 0. The Hall–Kier alpha value is -2.51. The number of hydrogen-bond donors (Lipinski definition) is 4. The summed E-state index contributed by atoms with van der Waals surface area (Å²) in [7, 11) is 0. The van der Waals surface area contributed by atoms with Crippen molar-refractivity contribution in [3.05, 3.63) is 23.2 Å². The van der Waals surface area contributed by atoms with Gasteiger partial charge in [-0.05, 0) is 19.4 Å². The molecule has 1 aromatic rings. The molecule has 0 bridgehead atoms. The molecule has 0 radical (unpaired) electrons. The molecule has 114 valence electrons. The fourth-order valence-electron chi connectivity index (χ4n) is 2.10. The molecule has 8 nitrogen and oxygen atoms in total. The zero-order valence-electron chi connectivity index (χ0n) is 11.6. The Morgan fingerprint density at radius 1 is 1.52 bits per heavy atom. The fourth-order valence-corrected chi connectivity index (χ4v) is 2.10. The van der Waals surface area contributed by atoms with Gasteiger partial charge in [0.05, 0.1) is 6.54 Å². The summed E-state index contributed by atoms with van der Waals surface area (Å²) in [5, 5.41) is 16.9. The van der Waals surface area contributed by atoms with Gasteiger partial charge in [-0.3, -0.25) is 4.79 Å². The second-order valence-corrected chi connectivity index (χ2v) is 4.85. The minimum Gasteiger partial charge on any atom is -0.478 e. The molecule has 4 N–H and O–H groups in total. The van der Waals surface area contributed by atoms with Gasteiger partial charge < -0.3 is 25.5 Å². The van der Waals surface area contributed by atoms with Gasteiger partial charge in [0.15, 0.2) is 0 Å². The molecule has 21 heavy (non-hydrogen) atoms. The molecular formula is C13H17N3O5. The van der Waals surface area contributed by atoms with Crippen molar-refractivity contribution in [2.75, 3.05) is 6.54 Å². The first kappa shape index (κ1) is 14.9. The van der Waals surface area contributed by atoms with Gasteiger partial charge in [-0.1, -0.05) is 0 Å². The molecule has 1 fully saturated rings. The molecule has 1 saturated heterocycles. The van der Waals surface area contributed by atoms with Crippen LogP contribution in [0, 0.1) is 6.92 Å². The first-order valence-corrected chi connectivity index (χ1v) is 6.59. The van der Waals surface area contributed by atoms with Crippen molar-refractivity contribution >= 4 is 17.9 Å². The number of carboxylic acids is 1. The molecule has 1 aromatic heterocycles. The van der Waals surface area contributed by atoms with Crippen molar-refractivity contribution in [3.8, 4) is 0 Å². The highest BCUT2D eigenvalue weighted by atomic mass is 16.4. The van der Waals surface area contributed by atoms with E-state index in [0.717, 1.165) is 0 Å². The van der Waals surface area contributed by atoms with Gasteiger partial charge in [0.25, 0.3) is 0 Å². The van der Waals surface area contributed by atoms with E-state index in [0.29, 0.717) is 30.9 Å². The normalized spacial score (nSPS) is 18.0. The van der Waals surface area contributed by atoms with Crippen molar-refractivity contribution in [3.63, 3.8) is 0 Å². The predicted molar refractivity (Wildman–Crippen MR) is 71.8 cm³/mol. The maximum absolute atomic E-state index is 11.7. The Kier molecular flexibility index (Phi) is 4.46. The van der Waals surface area contributed by atoms with E-state index >= 15 is 0 Å². The summed E-state index contributed by atoms with van der Waals surface area (Å²) in [5.74, 6) is -0.405. The lowest BCUT2D eigenvalue weighted by Crippen LogP contribution is -2.50. The SMILES string of the molecule is Cc1oc(CNC(=O)NC2CCC(=O)NC2)cc1C(=O)O. The predicted octanol–water partition coefficient (Wildman–Crippen LogP) is 0.364. The summed E-state index contributed by atoms with van der Waals surface area (Å²) in [6.45, 7) is 2.06. The van der Waals surface area contributed by atoms with Crippen molar-refractivity contribution < 1.29 is 23.9 Å². The average molecular weight is 295 g/mol. The van der Waals surface area contributed by atoms with Gasteiger partial charge in [-0.15, -0.1) is 0 Å². The molecule has 8 heteroatoms. The van der Waals surface area contributed by atoms with Crippen LogP contribution in [0.5, 0.6) is 0 Å². The van der Waals surface area contributed by atoms with Crippen molar-refractivity contribution in [2.45, 2.75) is 32.4 Å². The lowest BCUT2D eigenvalue weighted by Gasteiger charge is -2.23. The molecule has 3 amide bonds. The van der Waals surface area contributed by atoms with E-state index in [9.17, 15) is 14.4 Å². The van der Waals surface area contributed by atoms with E-state index in [1.165, 1.54) is 6.07 Å². The van der Waals surface area contributed by atoms with Crippen LogP contribution < -0.4 is 16.0 Å². The quantitative estimate of drug-likeness (QED) is 0.639. The number of rotatable bonds is 4. The van der Waals surface area contributed by atoms with Gasteiger partial charge in [0.1, 0.15) is 17.1 Å².